The van der Waals surface area contributed by atoms with Gasteiger partial charge in [-0.2, -0.15) is 0 Å². The largest absolute Gasteiger partial charge is 0.329 e. The average Bonchev–Trinajstić information content (AvgIpc) is 2.86. The standard InChI is InChI=1S/C11H14N4O3S/c1-3-7-6(2)19-10(13-7)14-8(16)5-15-9(17)4-12-11(15)18/h3-5H2,1-2H3,(H,12,18)(H,13,14,16). The molecule has 1 aromatic rings. The number of anilines is 1. The summed E-state index contributed by atoms with van der Waals surface area (Å²) in [6.45, 7) is 3.58. The molecule has 4 amide bonds. The molecule has 0 unspecified atom stereocenters. The molecule has 1 fully saturated rings. The Labute approximate surface area is 114 Å². The predicted octanol–water partition coefficient (Wildman–Crippen LogP) is 0.504. The van der Waals surface area contributed by atoms with Crippen LogP contribution in [0.1, 0.15) is 17.5 Å². The minimum Gasteiger partial charge on any atom is -0.329 e. The Balaban J connectivity index is 1.97. The second-order valence-corrected chi connectivity index (χ2v) is 5.27. The maximum absolute atomic E-state index is 11.8. The first kappa shape index (κ1) is 13.5. The topological polar surface area (TPSA) is 91.4 Å². The van der Waals surface area contributed by atoms with Gasteiger partial charge in [0.05, 0.1) is 12.2 Å². The number of amides is 4. The van der Waals surface area contributed by atoms with E-state index in [-0.39, 0.29) is 13.1 Å². The van der Waals surface area contributed by atoms with E-state index in [4.69, 9.17) is 0 Å². The van der Waals surface area contributed by atoms with Gasteiger partial charge in [-0.05, 0) is 13.3 Å². The van der Waals surface area contributed by atoms with E-state index in [0.29, 0.717) is 5.13 Å². The summed E-state index contributed by atoms with van der Waals surface area (Å²) >= 11 is 1.38. The van der Waals surface area contributed by atoms with Crippen molar-refractivity contribution < 1.29 is 14.4 Å². The Bertz CT molecular complexity index is 524. The molecule has 0 radical (unpaired) electrons. The molecule has 0 aliphatic carbocycles. The van der Waals surface area contributed by atoms with Crippen molar-refractivity contribution in [3.05, 3.63) is 10.6 Å². The molecule has 1 saturated heterocycles. The summed E-state index contributed by atoms with van der Waals surface area (Å²) in [6.07, 6.45) is 0.797. The van der Waals surface area contributed by atoms with Crippen LogP contribution in [0.2, 0.25) is 0 Å². The third kappa shape index (κ3) is 2.90. The smallest absolute Gasteiger partial charge is 0.325 e. The fourth-order valence-corrected chi connectivity index (χ4v) is 2.65. The van der Waals surface area contributed by atoms with Crippen molar-refractivity contribution in [1.82, 2.24) is 15.2 Å². The highest BCUT2D eigenvalue weighted by Crippen LogP contribution is 2.22. The van der Waals surface area contributed by atoms with E-state index < -0.39 is 17.8 Å². The number of urea groups is 1. The van der Waals surface area contributed by atoms with E-state index in [9.17, 15) is 14.4 Å². The Hall–Kier alpha value is -1.96. The van der Waals surface area contributed by atoms with Crippen molar-refractivity contribution in [3.63, 3.8) is 0 Å². The van der Waals surface area contributed by atoms with Gasteiger partial charge in [0.25, 0.3) is 5.91 Å². The normalized spacial score (nSPS) is 14.7. The van der Waals surface area contributed by atoms with Gasteiger partial charge in [-0.3, -0.25) is 14.5 Å². The van der Waals surface area contributed by atoms with Gasteiger partial charge in [0.2, 0.25) is 5.91 Å². The molecule has 2 rings (SSSR count). The van der Waals surface area contributed by atoms with Gasteiger partial charge in [0, 0.05) is 4.88 Å². The third-order valence-corrected chi connectivity index (χ3v) is 3.64. The Kier molecular flexibility index (Phi) is 3.79. The van der Waals surface area contributed by atoms with E-state index in [2.05, 4.69) is 15.6 Å². The number of hydrogen-bond acceptors (Lipinski definition) is 5. The molecule has 2 heterocycles. The number of aromatic nitrogens is 1. The van der Waals surface area contributed by atoms with Gasteiger partial charge in [0.15, 0.2) is 5.13 Å². The highest BCUT2D eigenvalue weighted by atomic mass is 32.1. The number of thiazole rings is 1. The summed E-state index contributed by atoms with van der Waals surface area (Å²) in [5, 5.41) is 5.45. The van der Waals surface area contributed by atoms with Crippen molar-refractivity contribution in [2.75, 3.05) is 18.4 Å². The molecule has 1 aliphatic heterocycles. The van der Waals surface area contributed by atoms with Crippen molar-refractivity contribution in [3.8, 4) is 0 Å². The third-order valence-electron chi connectivity index (χ3n) is 2.71. The molecule has 0 atom stereocenters. The fraction of sp³-hybridized carbons (Fsp3) is 0.455. The second-order valence-electron chi connectivity index (χ2n) is 4.06. The van der Waals surface area contributed by atoms with Crippen LogP contribution in [0.15, 0.2) is 0 Å². The summed E-state index contributed by atoms with van der Waals surface area (Å²) in [5.74, 6) is -0.827. The zero-order valence-corrected chi connectivity index (χ0v) is 11.5. The van der Waals surface area contributed by atoms with Crippen LogP contribution in [0.3, 0.4) is 0 Å². The van der Waals surface area contributed by atoms with Gasteiger partial charge in [-0.1, -0.05) is 6.92 Å². The Morgan fingerprint density at radius 1 is 1.53 bits per heavy atom. The molecular formula is C11H14N4O3S. The number of imide groups is 1. The van der Waals surface area contributed by atoms with Gasteiger partial charge >= 0.3 is 6.03 Å². The Morgan fingerprint density at radius 2 is 2.26 bits per heavy atom. The molecule has 102 valence electrons. The van der Waals surface area contributed by atoms with Crippen LogP contribution in [0.4, 0.5) is 9.93 Å². The van der Waals surface area contributed by atoms with Crippen LogP contribution in [0, 0.1) is 6.92 Å². The van der Waals surface area contributed by atoms with Crippen molar-refractivity contribution in [1.29, 1.82) is 0 Å². The second kappa shape index (κ2) is 5.35. The van der Waals surface area contributed by atoms with Crippen LogP contribution in [-0.2, 0) is 16.0 Å². The lowest BCUT2D eigenvalue weighted by atomic mass is 10.3. The van der Waals surface area contributed by atoms with Crippen LogP contribution in [0.5, 0.6) is 0 Å². The molecule has 2 N–H and O–H groups in total. The highest BCUT2D eigenvalue weighted by molar-refractivity contribution is 7.15. The number of nitrogens with one attached hydrogen (secondary N) is 2. The monoisotopic (exact) mass is 282 g/mol. The first-order valence-electron chi connectivity index (χ1n) is 5.85. The highest BCUT2D eigenvalue weighted by Gasteiger charge is 2.30. The van der Waals surface area contributed by atoms with Gasteiger partial charge < -0.3 is 10.6 Å². The number of hydrogen-bond donors (Lipinski definition) is 2. The number of carbonyl (C=O) groups is 3. The number of aryl methyl sites for hydroxylation is 2. The summed E-state index contributed by atoms with van der Waals surface area (Å²) < 4.78 is 0. The summed E-state index contributed by atoms with van der Waals surface area (Å²) in [5.41, 5.74) is 0.940. The molecule has 0 saturated carbocycles. The van der Waals surface area contributed by atoms with Gasteiger partial charge in [-0.15, -0.1) is 11.3 Å². The molecule has 8 heteroatoms. The van der Waals surface area contributed by atoms with E-state index >= 15 is 0 Å². The molecule has 19 heavy (non-hydrogen) atoms. The summed E-state index contributed by atoms with van der Waals surface area (Å²) in [4.78, 5) is 40.6. The maximum Gasteiger partial charge on any atom is 0.325 e. The lowest BCUT2D eigenvalue weighted by molar-refractivity contribution is -0.128. The average molecular weight is 282 g/mol. The van der Waals surface area contributed by atoms with Crippen LogP contribution >= 0.6 is 11.3 Å². The summed E-state index contributed by atoms with van der Waals surface area (Å²) in [7, 11) is 0. The number of carbonyl (C=O) groups excluding carboxylic acids is 3. The molecular weight excluding hydrogens is 268 g/mol. The van der Waals surface area contributed by atoms with Crippen LogP contribution in [-0.4, -0.2) is 40.8 Å². The number of rotatable bonds is 4. The van der Waals surface area contributed by atoms with Crippen LogP contribution < -0.4 is 10.6 Å². The fourth-order valence-electron chi connectivity index (χ4n) is 1.73. The molecule has 1 aliphatic rings. The molecule has 1 aromatic heterocycles. The quantitative estimate of drug-likeness (QED) is 0.787. The van der Waals surface area contributed by atoms with E-state index in [1.54, 1.807) is 0 Å². The Morgan fingerprint density at radius 3 is 2.79 bits per heavy atom. The molecule has 0 spiro atoms. The lowest BCUT2D eigenvalue weighted by Crippen LogP contribution is -2.38. The van der Waals surface area contributed by atoms with Crippen LogP contribution in [0.25, 0.3) is 0 Å². The lowest BCUT2D eigenvalue weighted by Gasteiger charge is -2.10. The van der Waals surface area contributed by atoms with E-state index in [0.717, 1.165) is 21.9 Å². The minimum absolute atomic E-state index is 0.0531. The SMILES string of the molecule is CCc1nc(NC(=O)CN2C(=O)CNC2=O)sc1C. The van der Waals surface area contributed by atoms with E-state index in [1.165, 1.54) is 11.3 Å². The van der Waals surface area contributed by atoms with Crippen molar-refractivity contribution in [2.24, 2.45) is 0 Å². The molecule has 0 bridgehead atoms. The first-order chi connectivity index (χ1) is 9.01. The minimum atomic E-state index is -0.537. The zero-order chi connectivity index (χ0) is 14.0. The molecule has 7 nitrogen and oxygen atoms in total. The number of nitrogens with zero attached hydrogens (tertiary/aromatic N) is 2. The first-order valence-corrected chi connectivity index (χ1v) is 6.67. The van der Waals surface area contributed by atoms with Gasteiger partial charge in [-0.25, -0.2) is 9.78 Å². The van der Waals surface area contributed by atoms with E-state index in [1.807, 2.05) is 13.8 Å². The molecule has 0 aromatic carbocycles. The predicted molar refractivity (Wildman–Crippen MR) is 70.0 cm³/mol. The van der Waals surface area contributed by atoms with Crippen molar-refractivity contribution in [2.45, 2.75) is 20.3 Å². The maximum atomic E-state index is 11.8. The van der Waals surface area contributed by atoms with Crippen molar-refractivity contribution >= 4 is 34.3 Å². The zero-order valence-electron chi connectivity index (χ0n) is 10.6. The van der Waals surface area contributed by atoms with Gasteiger partial charge in [0.1, 0.15) is 6.54 Å². The summed E-state index contributed by atoms with van der Waals surface area (Å²) in [6, 6.07) is -0.537.